The van der Waals surface area contributed by atoms with Gasteiger partial charge in [-0.2, -0.15) is 0 Å². The maximum absolute atomic E-state index is 11.4. The molecule has 7 heteroatoms. The van der Waals surface area contributed by atoms with E-state index in [1.807, 2.05) is 18.2 Å². The average molecular weight is 325 g/mol. The number of sulfone groups is 1. The normalized spacial score (nSPS) is 17.7. The fraction of sp³-hybridized carbons (Fsp3) is 0.533. The molecule has 1 aromatic carbocycles. The average Bonchev–Trinajstić information content (AvgIpc) is 2.93. The van der Waals surface area contributed by atoms with E-state index in [-0.39, 0.29) is 17.6 Å². The first-order valence-corrected chi connectivity index (χ1v) is 9.25. The molecule has 0 saturated heterocycles. The van der Waals surface area contributed by atoms with Gasteiger partial charge in [0, 0.05) is 25.8 Å². The Bertz CT molecular complexity index is 604. The van der Waals surface area contributed by atoms with Gasteiger partial charge in [-0.3, -0.25) is 4.99 Å². The minimum Gasteiger partial charge on any atom is -0.488 e. The molecule has 1 aromatic rings. The Hall–Kier alpha value is -1.76. The first-order valence-electron chi connectivity index (χ1n) is 7.43. The van der Waals surface area contributed by atoms with Crippen molar-refractivity contribution in [2.75, 3.05) is 31.6 Å². The molecule has 1 atom stereocenters. The SMILES string of the molecule is CCS(=O)(=O)CCNC(=NC)NCC1Cc2ccccc2O1. The number of nitrogens with zero attached hydrogens (tertiary/aromatic N) is 1. The fourth-order valence-electron chi connectivity index (χ4n) is 2.27. The number of aliphatic imine (C=N–C) groups is 1. The molecule has 2 rings (SSSR count). The molecule has 122 valence electrons. The second-order valence-corrected chi connectivity index (χ2v) is 7.64. The van der Waals surface area contributed by atoms with E-state index in [1.165, 1.54) is 5.56 Å². The highest BCUT2D eigenvalue weighted by atomic mass is 32.2. The van der Waals surface area contributed by atoms with Crippen molar-refractivity contribution in [2.24, 2.45) is 4.99 Å². The van der Waals surface area contributed by atoms with Gasteiger partial charge in [0.2, 0.25) is 0 Å². The van der Waals surface area contributed by atoms with E-state index in [1.54, 1.807) is 14.0 Å². The lowest BCUT2D eigenvalue weighted by Crippen LogP contribution is -2.43. The Morgan fingerprint density at radius 3 is 2.82 bits per heavy atom. The molecule has 1 heterocycles. The molecule has 0 spiro atoms. The van der Waals surface area contributed by atoms with Crippen LogP contribution in [0.1, 0.15) is 12.5 Å². The standard InChI is InChI=1S/C15H23N3O3S/c1-3-22(19,20)9-8-17-15(16-2)18-11-13-10-12-6-4-5-7-14(12)21-13/h4-7,13H,3,8-11H2,1-2H3,(H2,16,17,18). The molecule has 0 bridgehead atoms. The summed E-state index contributed by atoms with van der Waals surface area (Å²) in [6.45, 7) is 2.62. The summed E-state index contributed by atoms with van der Waals surface area (Å²) in [5, 5.41) is 6.18. The summed E-state index contributed by atoms with van der Waals surface area (Å²) in [7, 11) is -1.30. The second-order valence-electron chi connectivity index (χ2n) is 5.17. The third-order valence-corrected chi connectivity index (χ3v) is 5.29. The Morgan fingerprint density at radius 2 is 2.14 bits per heavy atom. The van der Waals surface area contributed by atoms with Gasteiger partial charge in [0.05, 0.1) is 12.3 Å². The molecule has 1 aliphatic heterocycles. The maximum atomic E-state index is 11.4. The molecular weight excluding hydrogens is 302 g/mol. The van der Waals surface area contributed by atoms with Gasteiger partial charge in [0.25, 0.3) is 0 Å². The molecule has 0 saturated carbocycles. The highest BCUT2D eigenvalue weighted by Gasteiger charge is 2.22. The quantitative estimate of drug-likeness (QED) is 0.591. The number of ether oxygens (including phenoxy) is 1. The molecule has 0 amide bonds. The Labute approximate surface area is 131 Å². The molecule has 0 aromatic heterocycles. The summed E-state index contributed by atoms with van der Waals surface area (Å²) in [6.07, 6.45) is 0.931. The van der Waals surface area contributed by atoms with E-state index in [0.717, 1.165) is 12.2 Å². The predicted octanol–water partition coefficient (Wildman–Crippen LogP) is 0.590. The van der Waals surface area contributed by atoms with Crippen LogP contribution in [0.25, 0.3) is 0 Å². The summed E-state index contributed by atoms with van der Waals surface area (Å²) >= 11 is 0. The Kier molecular flexibility index (Phi) is 5.65. The van der Waals surface area contributed by atoms with E-state index in [4.69, 9.17) is 4.74 Å². The third-order valence-electron chi connectivity index (χ3n) is 3.58. The minimum atomic E-state index is -2.96. The summed E-state index contributed by atoms with van der Waals surface area (Å²) in [4.78, 5) is 4.09. The molecule has 0 fully saturated rings. The molecular formula is C15H23N3O3S. The van der Waals surface area contributed by atoms with Crippen molar-refractivity contribution < 1.29 is 13.2 Å². The van der Waals surface area contributed by atoms with E-state index >= 15 is 0 Å². The Balaban J connectivity index is 1.74. The number of hydrogen-bond donors (Lipinski definition) is 2. The zero-order valence-corrected chi connectivity index (χ0v) is 13.8. The van der Waals surface area contributed by atoms with Gasteiger partial charge >= 0.3 is 0 Å². The first-order chi connectivity index (χ1) is 10.5. The van der Waals surface area contributed by atoms with Crippen LogP contribution in [0.4, 0.5) is 0 Å². The van der Waals surface area contributed by atoms with Crippen LogP contribution < -0.4 is 15.4 Å². The predicted molar refractivity (Wildman–Crippen MR) is 88.3 cm³/mol. The van der Waals surface area contributed by atoms with Gasteiger partial charge in [-0.05, 0) is 11.6 Å². The molecule has 1 aliphatic rings. The van der Waals surface area contributed by atoms with E-state index in [2.05, 4.69) is 21.7 Å². The minimum absolute atomic E-state index is 0.0651. The van der Waals surface area contributed by atoms with Gasteiger partial charge in [-0.25, -0.2) is 8.42 Å². The molecule has 0 radical (unpaired) electrons. The highest BCUT2D eigenvalue weighted by Crippen LogP contribution is 2.27. The number of benzene rings is 1. The van der Waals surface area contributed by atoms with E-state index in [9.17, 15) is 8.42 Å². The van der Waals surface area contributed by atoms with Crippen LogP contribution in [0.2, 0.25) is 0 Å². The largest absolute Gasteiger partial charge is 0.488 e. The summed E-state index contributed by atoms with van der Waals surface area (Å²) in [5.74, 6) is 1.79. The number of guanidine groups is 1. The van der Waals surface area contributed by atoms with Crippen LogP contribution in [-0.4, -0.2) is 52.1 Å². The van der Waals surface area contributed by atoms with Crippen LogP contribution in [0.5, 0.6) is 5.75 Å². The summed E-state index contributed by atoms with van der Waals surface area (Å²) < 4.78 is 28.7. The van der Waals surface area contributed by atoms with Crippen molar-refractivity contribution in [2.45, 2.75) is 19.4 Å². The maximum Gasteiger partial charge on any atom is 0.191 e. The van der Waals surface area contributed by atoms with Crippen molar-refractivity contribution in [3.8, 4) is 5.75 Å². The smallest absolute Gasteiger partial charge is 0.191 e. The molecule has 22 heavy (non-hydrogen) atoms. The third kappa shape index (κ3) is 4.62. The lowest BCUT2D eigenvalue weighted by atomic mass is 10.1. The van der Waals surface area contributed by atoms with Crippen molar-refractivity contribution in [1.82, 2.24) is 10.6 Å². The number of nitrogens with one attached hydrogen (secondary N) is 2. The van der Waals surface area contributed by atoms with Gasteiger partial charge in [-0.15, -0.1) is 0 Å². The van der Waals surface area contributed by atoms with Crippen molar-refractivity contribution >= 4 is 15.8 Å². The number of para-hydroxylation sites is 1. The monoisotopic (exact) mass is 325 g/mol. The van der Waals surface area contributed by atoms with Crippen LogP contribution >= 0.6 is 0 Å². The molecule has 1 unspecified atom stereocenters. The zero-order valence-electron chi connectivity index (χ0n) is 13.0. The summed E-state index contributed by atoms with van der Waals surface area (Å²) in [6, 6.07) is 8.01. The molecule has 0 aliphatic carbocycles. The molecule has 6 nitrogen and oxygen atoms in total. The van der Waals surface area contributed by atoms with Gasteiger partial charge in [0.1, 0.15) is 11.9 Å². The van der Waals surface area contributed by atoms with Crippen molar-refractivity contribution in [3.05, 3.63) is 29.8 Å². The lowest BCUT2D eigenvalue weighted by Gasteiger charge is -2.15. The van der Waals surface area contributed by atoms with Crippen LogP contribution in [0.15, 0.2) is 29.3 Å². The van der Waals surface area contributed by atoms with Gasteiger partial charge < -0.3 is 15.4 Å². The van der Waals surface area contributed by atoms with Crippen LogP contribution in [0.3, 0.4) is 0 Å². The molecule has 2 N–H and O–H groups in total. The van der Waals surface area contributed by atoms with E-state index < -0.39 is 9.84 Å². The van der Waals surface area contributed by atoms with Crippen molar-refractivity contribution in [1.29, 1.82) is 0 Å². The highest BCUT2D eigenvalue weighted by molar-refractivity contribution is 7.91. The fourth-order valence-corrected chi connectivity index (χ4v) is 2.97. The van der Waals surface area contributed by atoms with Crippen molar-refractivity contribution in [3.63, 3.8) is 0 Å². The first kappa shape index (κ1) is 16.6. The van der Waals surface area contributed by atoms with Gasteiger partial charge in [0.15, 0.2) is 15.8 Å². The second kappa shape index (κ2) is 7.49. The number of hydrogen-bond acceptors (Lipinski definition) is 4. The van der Waals surface area contributed by atoms with Crippen LogP contribution in [-0.2, 0) is 16.3 Å². The Morgan fingerprint density at radius 1 is 1.36 bits per heavy atom. The zero-order chi connectivity index (χ0) is 16.0. The number of fused-ring (bicyclic) bond motifs is 1. The topological polar surface area (TPSA) is 79.8 Å². The van der Waals surface area contributed by atoms with E-state index in [0.29, 0.717) is 19.0 Å². The van der Waals surface area contributed by atoms with Gasteiger partial charge in [-0.1, -0.05) is 25.1 Å². The van der Waals surface area contributed by atoms with Crippen LogP contribution in [0, 0.1) is 0 Å². The summed E-state index contributed by atoms with van der Waals surface area (Å²) in [5.41, 5.74) is 1.21. The number of rotatable bonds is 6. The lowest BCUT2D eigenvalue weighted by molar-refractivity contribution is 0.235.